The van der Waals surface area contributed by atoms with Gasteiger partial charge in [-0.1, -0.05) is 28.9 Å². The summed E-state index contributed by atoms with van der Waals surface area (Å²) in [5.74, 6) is 1.15. The summed E-state index contributed by atoms with van der Waals surface area (Å²) >= 11 is 5.53. The van der Waals surface area contributed by atoms with Crippen LogP contribution in [0.5, 0.6) is 0 Å². The summed E-state index contributed by atoms with van der Waals surface area (Å²) in [6.45, 7) is 3.20. The van der Waals surface area contributed by atoms with E-state index in [2.05, 4.69) is 59.3 Å². The lowest BCUT2D eigenvalue weighted by atomic mass is 10.0. The molecule has 0 aliphatic rings. The van der Waals surface area contributed by atoms with Crippen LogP contribution in [-0.4, -0.2) is 31.6 Å². The molecule has 0 aromatic heterocycles. The zero-order valence-corrected chi connectivity index (χ0v) is 13.9. The molecule has 1 aromatic rings. The predicted octanol–water partition coefficient (Wildman–Crippen LogP) is 3.53. The highest BCUT2D eigenvalue weighted by molar-refractivity contribution is 9.10. The van der Waals surface area contributed by atoms with Crippen molar-refractivity contribution in [2.45, 2.75) is 25.8 Å². The summed E-state index contributed by atoms with van der Waals surface area (Å²) in [6, 6.07) is 6.81. The van der Waals surface area contributed by atoms with Gasteiger partial charge in [0.2, 0.25) is 0 Å². The summed E-state index contributed by atoms with van der Waals surface area (Å²) in [6.07, 6.45) is 4.09. The molecule has 0 heterocycles. The lowest BCUT2D eigenvalue weighted by molar-refractivity contribution is 0.645. The van der Waals surface area contributed by atoms with E-state index in [4.69, 9.17) is 5.73 Å². The normalized spacial score (nSPS) is 12.5. The van der Waals surface area contributed by atoms with Crippen LogP contribution in [0.3, 0.4) is 0 Å². The Labute approximate surface area is 123 Å². The molecule has 0 spiro atoms. The van der Waals surface area contributed by atoms with Crippen LogP contribution < -0.4 is 10.6 Å². The first-order chi connectivity index (χ1) is 8.58. The molecule has 0 saturated carbocycles. The quantitative estimate of drug-likeness (QED) is 0.829. The minimum absolute atomic E-state index is 0.251. The SMILES string of the molecule is CCC(N)Cc1ccc(N(C)CCSC)cc1Br. The number of anilines is 1. The van der Waals surface area contributed by atoms with Crippen molar-refractivity contribution in [1.82, 2.24) is 0 Å². The van der Waals surface area contributed by atoms with Gasteiger partial charge in [-0.2, -0.15) is 11.8 Å². The van der Waals surface area contributed by atoms with Gasteiger partial charge in [0.25, 0.3) is 0 Å². The maximum atomic E-state index is 6.00. The van der Waals surface area contributed by atoms with Gasteiger partial charge < -0.3 is 10.6 Å². The standard InChI is InChI=1S/C14H23BrN2S/c1-4-12(16)9-11-5-6-13(10-14(11)15)17(2)7-8-18-3/h5-6,10,12H,4,7-9,16H2,1-3H3. The van der Waals surface area contributed by atoms with Crippen molar-refractivity contribution in [3.8, 4) is 0 Å². The number of nitrogens with zero attached hydrogens (tertiary/aromatic N) is 1. The highest BCUT2D eigenvalue weighted by atomic mass is 79.9. The van der Waals surface area contributed by atoms with E-state index in [0.717, 1.165) is 25.1 Å². The molecule has 2 N–H and O–H groups in total. The Morgan fingerprint density at radius 1 is 1.44 bits per heavy atom. The fourth-order valence-corrected chi connectivity index (χ4v) is 2.71. The second kappa shape index (κ2) is 8.08. The van der Waals surface area contributed by atoms with Gasteiger partial charge in [0.05, 0.1) is 0 Å². The monoisotopic (exact) mass is 330 g/mol. The largest absolute Gasteiger partial charge is 0.374 e. The zero-order chi connectivity index (χ0) is 13.5. The fraction of sp³-hybridized carbons (Fsp3) is 0.571. The van der Waals surface area contributed by atoms with Crippen molar-refractivity contribution >= 4 is 33.4 Å². The van der Waals surface area contributed by atoms with E-state index in [-0.39, 0.29) is 6.04 Å². The summed E-state index contributed by atoms with van der Waals surface area (Å²) in [5.41, 5.74) is 8.56. The summed E-state index contributed by atoms with van der Waals surface area (Å²) in [5, 5.41) is 0. The van der Waals surface area contributed by atoms with E-state index in [1.54, 1.807) is 0 Å². The molecule has 0 saturated heterocycles. The average Bonchev–Trinajstić information content (AvgIpc) is 2.38. The number of halogens is 1. The summed E-state index contributed by atoms with van der Waals surface area (Å²) in [7, 11) is 2.13. The predicted molar refractivity (Wildman–Crippen MR) is 87.8 cm³/mol. The zero-order valence-electron chi connectivity index (χ0n) is 11.4. The van der Waals surface area contributed by atoms with Crippen LogP contribution in [0.1, 0.15) is 18.9 Å². The third kappa shape index (κ3) is 4.82. The van der Waals surface area contributed by atoms with Crippen molar-refractivity contribution in [3.05, 3.63) is 28.2 Å². The Kier molecular flexibility index (Phi) is 7.12. The Bertz CT molecular complexity index is 371. The molecular formula is C14H23BrN2S. The third-order valence-electron chi connectivity index (χ3n) is 3.11. The Hall–Kier alpha value is -0.190. The van der Waals surface area contributed by atoms with Crippen molar-refractivity contribution in [3.63, 3.8) is 0 Å². The first-order valence-corrected chi connectivity index (χ1v) is 8.51. The highest BCUT2D eigenvalue weighted by Crippen LogP contribution is 2.25. The van der Waals surface area contributed by atoms with Crippen LogP contribution in [0.15, 0.2) is 22.7 Å². The molecule has 102 valence electrons. The van der Waals surface area contributed by atoms with Gasteiger partial charge in [-0.25, -0.2) is 0 Å². The lowest BCUT2D eigenvalue weighted by Crippen LogP contribution is -2.22. The van der Waals surface area contributed by atoms with Crippen molar-refractivity contribution in [2.24, 2.45) is 5.73 Å². The second-order valence-corrected chi connectivity index (χ2v) is 6.40. The first-order valence-electron chi connectivity index (χ1n) is 6.32. The molecule has 4 heteroatoms. The summed E-state index contributed by atoms with van der Waals surface area (Å²) < 4.78 is 1.17. The molecule has 1 rings (SSSR count). The van der Waals surface area contributed by atoms with E-state index < -0.39 is 0 Å². The maximum Gasteiger partial charge on any atom is 0.0375 e. The van der Waals surface area contributed by atoms with Gasteiger partial charge in [0.1, 0.15) is 0 Å². The van der Waals surface area contributed by atoms with E-state index >= 15 is 0 Å². The first kappa shape index (κ1) is 15.9. The number of benzene rings is 1. The molecule has 0 bridgehead atoms. The van der Waals surface area contributed by atoms with Gasteiger partial charge in [-0.05, 0) is 36.8 Å². The number of thioether (sulfide) groups is 1. The summed E-state index contributed by atoms with van der Waals surface area (Å²) in [4.78, 5) is 2.28. The molecule has 0 aliphatic carbocycles. The van der Waals surface area contributed by atoms with Gasteiger partial charge >= 0.3 is 0 Å². The molecule has 0 radical (unpaired) electrons. The molecule has 1 unspecified atom stereocenters. The van der Waals surface area contributed by atoms with Crippen LogP contribution >= 0.6 is 27.7 Å². The molecular weight excluding hydrogens is 308 g/mol. The van der Waals surface area contributed by atoms with Crippen molar-refractivity contribution in [2.75, 3.05) is 30.5 Å². The van der Waals surface area contributed by atoms with E-state index in [1.165, 1.54) is 15.7 Å². The van der Waals surface area contributed by atoms with Gasteiger partial charge in [-0.3, -0.25) is 0 Å². The lowest BCUT2D eigenvalue weighted by Gasteiger charge is -2.20. The second-order valence-electron chi connectivity index (χ2n) is 4.56. The van der Waals surface area contributed by atoms with Crippen LogP contribution in [0.2, 0.25) is 0 Å². The number of hydrogen-bond acceptors (Lipinski definition) is 3. The molecule has 0 aliphatic heterocycles. The minimum Gasteiger partial charge on any atom is -0.374 e. The van der Waals surface area contributed by atoms with E-state index in [0.29, 0.717) is 0 Å². The topological polar surface area (TPSA) is 29.3 Å². The molecule has 18 heavy (non-hydrogen) atoms. The Morgan fingerprint density at radius 3 is 2.72 bits per heavy atom. The van der Waals surface area contributed by atoms with Crippen LogP contribution in [0, 0.1) is 0 Å². The smallest absolute Gasteiger partial charge is 0.0375 e. The van der Waals surface area contributed by atoms with Crippen LogP contribution in [-0.2, 0) is 6.42 Å². The van der Waals surface area contributed by atoms with Crippen molar-refractivity contribution in [1.29, 1.82) is 0 Å². The maximum absolute atomic E-state index is 6.00. The average molecular weight is 331 g/mol. The van der Waals surface area contributed by atoms with Crippen LogP contribution in [0.25, 0.3) is 0 Å². The highest BCUT2D eigenvalue weighted by Gasteiger charge is 2.08. The molecule has 2 nitrogen and oxygen atoms in total. The Balaban J connectivity index is 2.72. The number of nitrogens with two attached hydrogens (primary N) is 1. The van der Waals surface area contributed by atoms with Gasteiger partial charge in [0, 0.05) is 35.5 Å². The fourth-order valence-electron chi connectivity index (χ4n) is 1.72. The van der Waals surface area contributed by atoms with Crippen LogP contribution in [0.4, 0.5) is 5.69 Å². The molecule has 0 amide bonds. The minimum atomic E-state index is 0.251. The molecule has 1 aromatic carbocycles. The van der Waals surface area contributed by atoms with Crippen molar-refractivity contribution < 1.29 is 0 Å². The number of rotatable bonds is 7. The molecule has 1 atom stereocenters. The van der Waals surface area contributed by atoms with E-state index in [1.807, 2.05) is 11.8 Å². The third-order valence-corrected chi connectivity index (χ3v) is 4.44. The van der Waals surface area contributed by atoms with Gasteiger partial charge in [0.15, 0.2) is 0 Å². The molecule has 0 fully saturated rings. The number of hydrogen-bond donors (Lipinski definition) is 1. The van der Waals surface area contributed by atoms with E-state index in [9.17, 15) is 0 Å². The Morgan fingerprint density at radius 2 is 2.17 bits per heavy atom. The van der Waals surface area contributed by atoms with Gasteiger partial charge in [-0.15, -0.1) is 0 Å².